The summed E-state index contributed by atoms with van der Waals surface area (Å²) in [4.78, 5) is 15.8. The Labute approximate surface area is 112 Å². The van der Waals surface area contributed by atoms with Crippen molar-refractivity contribution in [2.45, 2.75) is 13.8 Å². The molecular weight excluding hydrogens is 246 g/mol. The van der Waals surface area contributed by atoms with Gasteiger partial charge >= 0.3 is 5.97 Å². The van der Waals surface area contributed by atoms with Crippen LogP contribution in [0.4, 0.5) is 5.69 Å². The van der Waals surface area contributed by atoms with Gasteiger partial charge in [-0.3, -0.25) is 0 Å². The number of hydrogen-bond acceptors (Lipinski definition) is 5. The van der Waals surface area contributed by atoms with Crippen LogP contribution in [0.3, 0.4) is 0 Å². The van der Waals surface area contributed by atoms with Crippen molar-refractivity contribution in [1.29, 1.82) is 0 Å². The number of esters is 1. The van der Waals surface area contributed by atoms with Gasteiger partial charge in [-0.05, 0) is 31.7 Å². The van der Waals surface area contributed by atoms with Crippen molar-refractivity contribution in [2.75, 3.05) is 13.2 Å². The van der Waals surface area contributed by atoms with E-state index >= 15 is 0 Å². The zero-order valence-electron chi connectivity index (χ0n) is 11.0. The van der Waals surface area contributed by atoms with Gasteiger partial charge in [0.2, 0.25) is 0 Å². The highest BCUT2D eigenvalue weighted by Crippen LogP contribution is 2.11. The molecule has 0 atom stereocenters. The molecule has 19 heavy (non-hydrogen) atoms. The first-order valence-corrected chi connectivity index (χ1v) is 5.99. The van der Waals surface area contributed by atoms with E-state index in [1.165, 1.54) is 0 Å². The Balaban J connectivity index is 3.02. The van der Waals surface area contributed by atoms with Crippen molar-refractivity contribution >= 4 is 17.4 Å². The van der Waals surface area contributed by atoms with Crippen LogP contribution in [0, 0.1) is 0 Å². The molecule has 0 amide bonds. The number of nitrogens with zero attached hydrogens (tertiary/aromatic N) is 1. The van der Waals surface area contributed by atoms with Gasteiger partial charge in [0.25, 0.3) is 0 Å². The van der Waals surface area contributed by atoms with Crippen LogP contribution in [0.2, 0.25) is 0 Å². The third-order valence-electron chi connectivity index (χ3n) is 2.03. The van der Waals surface area contributed by atoms with E-state index < -0.39 is 11.9 Å². The van der Waals surface area contributed by atoms with E-state index in [0.29, 0.717) is 5.69 Å². The largest absolute Gasteiger partial charge is 0.613 e. The molecule has 1 aromatic rings. The molecule has 0 aliphatic carbocycles. The molecule has 0 heterocycles. The molecule has 0 unspecified atom stereocenters. The zero-order valence-corrected chi connectivity index (χ0v) is 11.0. The van der Waals surface area contributed by atoms with Crippen molar-refractivity contribution in [3.8, 4) is 0 Å². The van der Waals surface area contributed by atoms with Gasteiger partial charge in [-0.15, -0.1) is 0 Å². The summed E-state index contributed by atoms with van der Waals surface area (Å²) >= 11 is 0. The summed E-state index contributed by atoms with van der Waals surface area (Å²) in [5.41, 5.74) is 0.484. The first-order chi connectivity index (χ1) is 9.17. The first kappa shape index (κ1) is 14.8. The second-order valence-electron chi connectivity index (χ2n) is 3.45. The van der Waals surface area contributed by atoms with Crippen molar-refractivity contribution < 1.29 is 19.4 Å². The smallest absolute Gasteiger partial charge is 0.356 e. The van der Waals surface area contributed by atoms with E-state index in [1.807, 2.05) is 6.07 Å². The predicted octanol–water partition coefficient (Wildman–Crippen LogP) is 1.56. The Bertz CT molecular complexity index is 466. The highest BCUT2D eigenvalue weighted by atomic mass is 16.6. The third kappa shape index (κ3) is 5.25. The second-order valence-corrected chi connectivity index (χ2v) is 3.45. The van der Waals surface area contributed by atoms with Gasteiger partial charge in [0.1, 0.15) is 0 Å². The molecule has 0 aliphatic rings. The zero-order chi connectivity index (χ0) is 14.1. The van der Waals surface area contributed by atoms with Crippen LogP contribution >= 0.6 is 0 Å². The first-order valence-electron chi connectivity index (χ1n) is 5.99. The van der Waals surface area contributed by atoms with E-state index in [-0.39, 0.29) is 18.9 Å². The highest BCUT2D eigenvalue weighted by molar-refractivity contribution is 6.41. The minimum atomic E-state index is -0.653. The maximum absolute atomic E-state index is 11.7. The van der Waals surface area contributed by atoms with Crippen LogP contribution in [0.25, 0.3) is 0 Å². The van der Waals surface area contributed by atoms with Crippen LogP contribution in [0.15, 0.2) is 47.3 Å². The quantitative estimate of drug-likeness (QED) is 0.443. The van der Waals surface area contributed by atoms with Crippen LogP contribution < -0.4 is 5.11 Å². The Morgan fingerprint density at radius 3 is 2.42 bits per heavy atom. The molecule has 102 valence electrons. The second kappa shape index (κ2) is 7.92. The van der Waals surface area contributed by atoms with Crippen molar-refractivity contribution in [1.82, 2.24) is 0 Å². The lowest BCUT2D eigenvalue weighted by molar-refractivity contribution is -0.356. The van der Waals surface area contributed by atoms with E-state index in [1.54, 1.807) is 38.1 Å². The molecule has 0 saturated carbocycles. The molecule has 0 radical (unpaired) electrons. The summed E-state index contributed by atoms with van der Waals surface area (Å²) in [7, 11) is 0. The minimum absolute atomic E-state index is 0.0773. The molecule has 0 spiro atoms. The lowest BCUT2D eigenvalue weighted by Crippen LogP contribution is -2.19. The number of ether oxygens (including phenoxy) is 2. The fraction of sp³-hybridized carbons (Fsp3) is 0.286. The van der Waals surface area contributed by atoms with Crippen molar-refractivity contribution in [2.24, 2.45) is 4.99 Å². The molecule has 0 N–H and O–H groups in total. The van der Waals surface area contributed by atoms with Gasteiger partial charge in [-0.2, -0.15) is 0 Å². The number of hydrogen-bond donors (Lipinski definition) is 0. The van der Waals surface area contributed by atoms with Crippen LogP contribution in [-0.4, -0.2) is 24.9 Å². The third-order valence-corrected chi connectivity index (χ3v) is 2.03. The van der Waals surface area contributed by atoms with Crippen molar-refractivity contribution in [3.63, 3.8) is 0 Å². The summed E-state index contributed by atoms with van der Waals surface area (Å²) in [5.74, 6) is -1.27. The maximum atomic E-state index is 11.7. The molecule has 0 saturated heterocycles. The summed E-state index contributed by atoms with van der Waals surface area (Å²) in [6, 6.07) is 8.84. The molecule has 0 fully saturated rings. The van der Waals surface area contributed by atoms with Gasteiger partial charge in [0.15, 0.2) is 5.71 Å². The molecular formula is C14H16NO4-. The molecule has 5 nitrogen and oxygen atoms in total. The van der Waals surface area contributed by atoms with Gasteiger partial charge in [-0.25, -0.2) is 9.79 Å². The van der Waals surface area contributed by atoms with Crippen LogP contribution in [0.5, 0.6) is 0 Å². The standard InChI is InChI=1S/C14H17NO4/c1-3-18-13(16)10-12(14(17)19-4-2)15-11-8-6-5-7-9-11/h5-10,16H,3-4H2,1-2H3/p-1/b13-10+,15-12?. The summed E-state index contributed by atoms with van der Waals surface area (Å²) in [6.45, 7) is 3.81. The summed E-state index contributed by atoms with van der Waals surface area (Å²) < 4.78 is 9.60. The monoisotopic (exact) mass is 262 g/mol. The highest BCUT2D eigenvalue weighted by Gasteiger charge is 2.10. The molecule has 1 aromatic carbocycles. The van der Waals surface area contributed by atoms with E-state index in [4.69, 9.17) is 9.47 Å². The number of carbonyl (C=O) groups excluding carboxylic acids is 1. The summed E-state index contributed by atoms with van der Waals surface area (Å²) in [6.07, 6.45) is 1.04. The van der Waals surface area contributed by atoms with E-state index in [0.717, 1.165) is 6.08 Å². The average Bonchev–Trinajstić information content (AvgIpc) is 2.40. The predicted molar refractivity (Wildman–Crippen MR) is 69.9 cm³/mol. The number of rotatable bonds is 6. The topological polar surface area (TPSA) is 71.0 Å². The van der Waals surface area contributed by atoms with E-state index in [2.05, 4.69) is 4.99 Å². The number of aliphatic imine (C=N–C) groups is 1. The van der Waals surface area contributed by atoms with Crippen molar-refractivity contribution in [3.05, 3.63) is 42.4 Å². The lowest BCUT2D eigenvalue weighted by Gasteiger charge is -2.12. The number of para-hydroxylation sites is 1. The normalized spacial score (nSPS) is 12.1. The molecule has 1 rings (SSSR count). The minimum Gasteiger partial charge on any atom is -0.613 e. The Morgan fingerprint density at radius 1 is 1.21 bits per heavy atom. The van der Waals surface area contributed by atoms with Gasteiger partial charge in [-0.1, -0.05) is 25.1 Å². The maximum Gasteiger partial charge on any atom is 0.356 e. The fourth-order valence-corrected chi connectivity index (χ4v) is 1.28. The summed E-state index contributed by atoms with van der Waals surface area (Å²) in [5, 5.41) is 11.4. The lowest BCUT2D eigenvalue weighted by atomic mass is 10.3. The van der Waals surface area contributed by atoms with E-state index in [9.17, 15) is 9.90 Å². The SMILES string of the molecule is CCOC(=O)C(/C=C(\[O-])OCC)=Nc1ccccc1. The Hall–Kier alpha value is -2.30. The fourth-order valence-electron chi connectivity index (χ4n) is 1.28. The van der Waals surface area contributed by atoms with Crippen LogP contribution in [-0.2, 0) is 14.3 Å². The van der Waals surface area contributed by atoms with Gasteiger partial charge in [0, 0.05) is 0 Å². The Morgan fingerprint density at radius 2 is 1.84 bits per heavy atom. The number of benzene rings is 1. The number of carbonyl (C=O) groups is 1. The molecule has 5 heteroatoms. The van der Waals surface area contributed by atoms with Gasteiger partial charge in [0.05, 0.1) is 18.2 Å². The van der Waals surface area contributed by atoms with Crippen LogP contribution in [0.1, 0.15) is 13.8 Å². The Kier molecular flexibility index (Phi) is 6.15. The molecule has 0 aliphatic heterocycles. The molecule has 0 aromatic heterocycles. The average molecular weight is 262 g/mol. The molecule has 0 bridgehead atoms. The van der Waals surface area contributed by atoms with Gasteiger partial charge < -0.3 is 14.6 Å².